The van der Waals surface area contributed by atoms with E-state index in [2.05, 4.69) is 5.32 Å². The number of primary sulfonamides is 1. The summed E-state index contributed by atoms with van der Waals surface area (Å²) in [6.45, 7) is 4.12. The monoisotopic (exact) mass is 301 g/mol. The summed E-state index contributed by atoms with van der Waals surface area (Å²) in [5.41, 5.74) is -0.630. The second-order valence-electron chi connectivity index (χ2n) is 4.62. The predicted octanol–water partition coefficient (Wildman–Crippen LogP) is 0.628. The van der Waals surface area contributed by atoms with E-state index in [1.54, 1.807) is 0 Å². The third-order valence-electron chi connectivity index (χ3n) is 2.36. The molecular weight excluding hydrogens is 286 g/mol. The van der Waals surface area contributed by atoms with E-state index in [1.807, 2.05) is 13.8 Å². The van der Waals surface area contributed by atoms with E-state index in [1.165, 1.54) is 0 Å². The number of nitrogens with one attached hydrogen (secondary N) is 1. The van der Waals surface area contributed by atoms with Gasteiger partial charge in [0.15, 0.2) is 0 Å². The number of non-ortho nitro benzene ring substituents is 1. The van der Waals surface area contributed by atoms with Gasteiger partial charge < -0.3 is 5.32 Å². The third kappa shape index (κ3) is 4.28. The first-order chi connectivity index (χ1) is 9.11. The lowest BCUT2D eigenvalue weighted by molar-refractivity contribution is -0.385. The van der Waals surface area contributed by atoms with Gasteiger partial charge in [0, 0.05) is 24.2 Å². The Labute approximate surface area is 116 Å². The molecule has 0 unspecified atom stereocenters. The summed E-state index contributed by atoms with van der Waals surface area (Å²) in [5, 5.41) is 18.2. The van der Waals surface area contributed by atoms with Crippen molar-refractivity contribution in [3.63, 3.8) is 0 Å². The molecule has 0 bridgehead atoms. The minimum absolute atomic E-state index is 0.121. The van der Waals surface area contributed by atoms with Crippen molar-refractivity contribution in [2.24, 2.45) is 11.1 Å². The Kier molecular flexibility index (Phi) is 4.79. The second-order valence-corrected chi connectivity index (χ2v) is 6.18. The highest BCUT2D eigenvalue weighted by molar-refractivity contribution is 7.89. The number of amides is 1. The quantitative estimate of drug-likeness (QED) is 0.608. The molecule has 1 aromatic rings. The lowest BCUT2D eigenvalue weighted by Crippen LogP contribution is -2.27. The summed E-state index contributed by atoms with van der Waals surface area (Å²) in [5.74, 6) is -0.400. The number of rotatable bonds is 5. The number of hydrogen-bond acceptors (Lipinski definition) is 5. The molecule has 0 radical (unpaired) electrons. The molecule has 8 nitrogen and oxygen atoms in total. The maximum Gasteiger partial charge on any atom is 0.271 e. The maximum absolute atomic E-state index is 11.8. The molecule has 0 saturated heterocycles. The standard InChI is InChI=1S/C11H15N3O5S/c1-7(2)6-13-11(15)8-3-9(14(16)17)5-10(4-8)20(12,18)19/h3-5,7H,6H2,1-2H3,(H,13,15)(H2,12,18,19). The van der Waals surface area contributed by atoms with Crippen LogP contribution in [0.3, 0.4) is 0 Å². The summed E-state index contributed by atoms with van der Waals surface area (Å²) in [6.07, 6.45) is 0. The summed E-state index contributed by atoms with van der Waals surface area (Å²) < 4.78 is 22.5. The molecule has 0 aliphatic carbocycles. The minimum atomic E-state index is -4.13. The van der Waals surface area contributed by atoms with Crippen LogP contribution in [0.25, 0.3) is 0 Å². The first kappa shape index (κ1) is 16.1. The van der Waals surface area contributed by atoms with Crippen LogP contribution in [0, 0.1) is 16.0 Å². The van der Waals surface area contributed by atoms with Crippen LogP contribution in [-0.2, 0) is 10.0 Å². The zero-order valence-corrected chi connectivity index (χ0v) is 11.8. The highest BCUT2D eigenvalue weighted by atomic mass is 32.2. The largest absolute Gasteiger partial charge is 0.352 e. The molecule has 0 saturated carbocycles. The van der Waals surface area contributed by atoms with Gasteiger partial charge in [-0.3, -0.25) is 14.9 Å². The Morgan fingerprint density at radius 1 is 1.40 bits per heavy atom. The SMILES string of the molecule is CC(C)CNC(=O)c1cc([N+](=O)[O-])cc(S(N)(=O)=O)c1. The lowest BCUT2D eigenvalue weighted by Gasteiger charge is -2.08. The normalized spacial score (nSPS) is 11.4. The van der Waals surface area contributed by atoms with Gasteiger partial charge >= 0.3 is 0 Å². The van der Waals surface area contributed by atoms with Gasteiger partial charge in [0.05, 0.1) is 9.82 Å². The predicted molar refractivity (Wildman–Crippen MR) is 71.6 cm³/mol. The van der Waals surface area contributed by atoms with Gasteiger partial charge in [-0.05, 0) is 12.0 Å². The Balaban J connectivity index is 3.22. The van der Waals surface area contributed by atoms with Gasteiger partial charge in [-0.2, -0.15) is 0 Å². The molecule has 0 aliphatic heterocycles. The molecule has 0 aromatic heterocycles. The number of nitro benzene ring substituents is 1. The van der Waals surface area contributed by atoms with Gasteiger partial charge in [0.2, 0.25) is 10.0 Å². The van der Waals surface area contributed by atoms with Gasteiger partial charge in [-0.1, -0.05) is 13.8 Å². The highest BCUT2D eigenvalue weighted by Crippen LogP contribution is 2.20. The van der Waals surface area contributed by atoms with Crippen LogP contribution in [-0.4, -0.2) is 25.8 Å². The molecule has 0 aliphatic rings. The molecular formula is C11H15N3O5S. The first-order valence-corrected chi connectivity index (χ1v) is 7.26. The van der Waals surface area contributed by atoms with Crippen molar-refractivity contribution in [1.82, 2.24) is 5.32 Å². The number of carbonyl (C=O) groups is 1. The topological polar surface area (TPSA) is 132 Å². The van der Waals surface area contributed by atoms with Crippen LogP contribution >= 0.6 is 0 Å². The molecule has 110 valence electrons. The minimum Gasteiger partial charge on any atom is -0.352 e. The molecule has 0 atom stereocenters. The van der Waals surface area contributed by atoms with Crippen molar-refractivity contribution in [3.8, 4) is 0 Å². The summed E-state index contributed by atoms with van der Waals surface area (Å²) >= 11 is 0. The van der Waals surface area contributed by atoms with E-state index in [0.717, 1.165) is 18.2 Å². The van der Waals surface area contributed by atoms with E-state index in [9.17, 15) is 23.3 Å². The average Bonchev–Trinajstić information content (AvgIpc) is 2.34. The molecule has 20 heavy (non-hydrogen) atoms. The average molecular weight is 301 g/mol. The van der Waals surface area contributed by atoms with Crippen LogP contribution < -0.4 is 10.5 Å². The van der Waals surface area contributed by atoms with Crippen LogP contribution in [0.1, 0.15) is 24.2 Å². The number of benzene rings is 1. The lowest BCUT2D eigenvalue weighted by atomic mass is 10.1. The molecule has 0 spiro atoms. The highest BCUT2D eigenvalue weighted by Gasteiger charge is 2.19. The van der Waals surface area contributed by atoms with Crippen molar-refractivity contribution < 1.29 is 18.1 Å². The first-order valence-electron chi connectivity index (χ1n) is 5.71. The summed E-state index contributed by atoms with van der Waals surface area (Å²) in [7, 11) is -4.13. The van der Waals surface area contributed by atoms with Crippen molar-refractivity contribution in [2.45, 2.75) is 18.7 Å². The number of hydrogen-bond donors (Lipinski definition) is 2. The number of nitrogens with two attached hydrogens (primary N) is 1. The van der Waals surface area contributed by atoms with E-state index in [-0.39, 0.29) is 11.5 Å². The molecule has 0 fully saturated rings. The number of sulfonamides is 1. The second kappa shape index (κ2) is 5.97. The van der Waals surface area contributed by atoms with Crippen molar-refractivity contribution in [1.29, 1.82) is 0 Å². The van der Waals surface area contributed by atoms with Gasteiger partial charge in [-0.25, -0.2) is 13.6 Å². The smallest absolute Gasteiger partial charge is 0.271 e. The molecule has 9 heteroatoms. The Morgan fingerprint density at radius 3 is 2.45 bits per heavy atom. The van der Waals surface area contributed by atoms with E-state index in [4.69, 9.17) is 5.14 Å². The summed E-state index contributed by atoms with van der Waals surface area (Å²) in [4.78, 5) is 21.3. The zero-order chi connectivity index (χ0) is 15.5. The third-order valence-corrected chi connectivity index (χ3v) is 3.26. The Morgan fingerprint density at radius 2 is 2.00 bits per heavy atom. The van der Waals surface area contributed by atoms with E-state index < -0.39 is 31.4 Å². The van der Waals surface area contributed by atoms with Crippen LogP contribution in [0.2, 0.25) is 0 Å². The molecule has 1 amide bonds. The van der Waals surface area contributed by atoms with E-state index in [0.29, 0.717) is 6.54 Å². The number of nitrogens with zero attached hydrogens (tertiary/aromatic N) is 1. The van der Waals surface area contributed by atoms with Crippen LogP contribution in [0.5, 0.6) is 0 Å². The van der Waals surface area contributed by atoms with Gasteiger partial charge in [-0.15, -0.1) is 0 Å². The molecule has 3 N–H and O–H groups in total. The maximum atomic E-state index is 11.8. The van der Waals surface area contributed by atoms with Crippen LogP contribution in [0.4, 0.5) is 5.69 Å². The van der Waals surface area contributed by atoms with Crippen molar-refractivity contribution in [3.05, 3.63) is 33.9 Å². The molecule has 1 rings (SSSR count). The molecule has 1 aromatic carbocycles. The fourth-order valence-corrected chi connectivity index (χ4v) is 1.96. The molecule has 0 heterocycles. The fourth-order valence-electron chi connectivity index (χ4n) is 1.38. The summed E-state index contributed by atoms with van der Waals surface area (Å²) in [6, 6.07) is 2.83. The Bertz CT molecular complexity index is 639. The van der Waals surface area contributed by atoms with E-state index >= 15 is 0 Å². The number of nitro groups is 1. The zero-order valence-electron chi connectivity index (χ0n) is 11.0. The fraction of sp³-hybridized carbons (Fsp3) is 0.364. The van der Waals surface area contributed by atoms with Crippen LogP contribution in [0.15, 0.2) is 23.1 Å². The Hall–Kier alpha value is -2.00. The van der Waals surface area contributed by atoms with Crippen molar-refractivity contribution >= 4 is 21.6 Å². The number of carbonyl (C=O) groups excluding carboxylic acids is 1. The van der Waals surface area contributed by atoms with Crippen molar-refractivity contribution in [2.75, 3.05) is 6.54 Å². The van der Waals surface area contributed by atoms with Gasteiger partial charge in [0.25, 0.3) is 11.6 Å². The van der Waals surface area contributed by atoms with Gasteiger partial charge in [0.1, 0.15) is 0 Å².